The van der Waals surface area contributed by atoms with Gasteiger partial charge in [0.05, 0.1) is 16.6 Å². The van der Waals surface area contributed by atoms with Gasteiger partial charge in [-0.1, -0.05) is 19.6 Å². The van der Waals surface area contributed by atoms with Crippen LogP contribution in [0.2, 0.25) is 31.0 Å². The van der Waals surface area contributed by atoms with Gasteiger partial charge in [-0.25, -0.2) is 9.37 Å². The highest BCUT2D eigenvalue weighted by molar-refractivity contribution is 6.76. The van der Waals surface area contributed by atoms with Gasteiger partial charge in [0.1, 0.15) is 12.5 Å². The van der Waals surface area contributed by atoms with E-state index in [-0.39, 0.29) is 23.0 Å². The van der Waals surface area contributed by atoms with Gasteiger partial charge in [0.25, 0.3) is 0 Å². The average molecular weight is 369 g/mol. The van der Waals surface area contributed by atoms with Crippen molar-refractivity contribution in [2.45, 2.75) is 38.6 Å². The number of benzene rings is 1. The smallest absolute Gasteiger partial charge is 0.361 e. The Hall–Kier alpha value is -1.12. The second-order valence-corrected chi connectivity index (χ2v) is 12.4. The minimum atomic E-state index is -4.78. The molecule has 2 aromatic rings. The summed E-state index contributed by atoms with van der Waals surface area (Å²) in [4.78, 5) is 3.85. The molecule has 0 unspecified atom stereocenters. The summed E-state index contributed by atoms with van der Waals surface area (Å²) in [6.45, 7) is 7.12. The molecule has 0 aliphatic carbocycles. The van der Waals surface area contributed by atoms with Crippen molar-refractivity contribution in [1.29, 1.82) is 0 Å². The fourth-order valence-electron chi connectivity index (χ4n) is 1.99. The van der Waals surface area contributed by atoms with Crippen molar-refractivity contribution < 1.29 is 22.3 Å². The summed E-state index contributed by atoms with van der Waals surface area (Å²) in [7, 11) is -1.25. The maximum absolute atomic E-state index is 13.7. The molecule has 1 heterocycles. The van der Waals surface area contributed by atoms with Crippen LogP contribution in [0.3, 0.4) is 0 Å². The number of fused-ring (bicyclic) bond motifs is 1. The lowest BCUT2D eigenvalue weighted by molar-refractivity contribution is -0.139. The maximum atomic E-state index is 13.7. The summed E-state index contributed by atoms with van der Waals surface area (Å²) in [5.41, 5.74) is -1.20. The molecule has 0 bridgehead atoms. The molecule has 3 nitrogen and oxygen atoms in total. The standard InChI is InChI=1S/C14H17ClF4N2OSi/c1-23(2,3)5-4-22-8-21-12-7-10(16)9(14(17,18)19)6-11(12)20-13(21)15/h6-7H,4-5,8H2,1-3H3. The van der Waals surface area contributed by atoms with Crippen molar-refractivity contribution in [3.05, 3.63) is 28.8 Å². The molecule has 128 valence electrons. The largest absolute Gasteiger partial charge is 0.419 e. The van der Waals surface area contributed by atoms with Gasteiger partial charge in [0.15, 0.2) is 0 Å². The van der Waals surface area contributed by atoms with Crippen LogP contribution in [-0.4, -0.2) is 24.2 Å². The quantitative estimate of drug-likeness (QED) is 0.414. The summed E-state index contributed by atoms with van der Waals surface area (Å²) in [5.74, 6) is -1.36. The predicted molar refractivity (Wildman–Crippen MR) is 83.8 cm³/mol. The molecule has 1 aromatic heterocycles. The Bertz CT molecular complexity index is 709. The zero-order chi connectivity index (χ0) is 17.4. The molecule has 0 radical (unpaired) electrons. The zero-order valence-electron chi connectivity index (χ0n) is 13.0. The van der Waals surface area contributed by atoms with Crippen LogP contribution < -0.4 is 0 Å². The first-order chi connectivity index (χ1) is 10.5. The monoisotopic (exact) mass is 368 g/mol. The van der Waals surface area contributed by atoms with E-state index in [1.807, 2.05) is 0 Å². The maximum Gasteiger partial charge on any atom is 0.419 e. The van der Waals surface area contributed by atoms with Gasteiger partial charge < -0.3 is 4.74 Å². The highest BCUT2D eigenvalue weighted by atomic mass is 35.5. The highest BCUT2D eigenvalue weighted by Gasteiger charge is 2.35. The second kappa shape index (κ2) is 6.41. The molecule has 9 heteroatoms. The zero-order valence-corrected chi connectivity index (χ0v) is 14.7. The van der Waals surface area contributed by atoms with Crippen molar-refractivity contribution in [2.24, 2.45) is 0 Å². The number of imidazole rings is 1. The van der Waals surface area contributed by atoms with E-state index in [0.717, 1.165) is 12.1 Å². The summed E-state index contributed by atoms with van der Waals surface area (Å²) >= 11 is 5.93. The molecule has 0 N–H and O–H groups in total. The molecule has 2 rings (SSSR count). The molecule has 1 aromatic carbocycles. The Kier molecular flexibility index (Phi) is 5.08. The molecule has 0 atom stereocenters. The molecule has 0 aliphatic heterocycles. The molecule has 0 spiro atoms. The van der Waals surface area contributed by atoms with Crippen LogP contribution in [0.1, 0.15) is 5.56 Å². The summed E-state index contributed by atoms with van der Waals surface area (Å²) in [5, 5.41) is -0.0354. The molecule has 0 saturated heterocycles. The minimum Gasteiger partial charge on any atom is -0.361 e. The third-order valence-electron chi connectivity index (χ3n) is 3.31. The Morgan fingerprint density at radius 3 is 2.48 bits per heavy atom. The van der Waals surface area contributed by atoms with E-state index in [1.54, 1.807) is 0 Å². The van der Waals surface area contributed by atoms with Crippen molar-refractivity contribution in [3.8, 4) is 0 Å². The molecule has 0 amide bonds. The number of hydrogen-bond donors (Lipinski definition) is 0. The average Bonchev–Trinajstić information content (AvgIpc) is 2.67. The van der Waals surface area contributed by atoms with E-state index < -0.39 is 25.6 Å². The fourth-order valence-corrected chi connectivity index (χ4v) is 2.98. The lowest BCUT2D eigenvalue weighted by Crippen LogP contribution is -2.22. The van der Waals surface area contributed by atoms with E-state index in [1.165, 1.54) is 4.57 Å². The van der Waals surface area contributed by atoms with Gasteiger partial charge in [-0.05, 0) is 23.7 Å². The van der Waals surface area contributed by atoms with Crippen LogP contribution in [0.25, 0.3) is 11.0 Å². The minimum absolute atomic E-state index is 0.0162. The van der Waals surface area contributed by atoms with Crippen molar-refractivity contribution in [1.82, 2.24) is 9.55 Å². The SMILES string of the molecule is C[Si](C)(C)CCOCn1c(Cl)nc2cc(C(F)(F)F)c(F)cc21. The van der Waals surface area contributed by atoms with Crippen LogP contribution in [0, 0.1) is 5.82 Å². The third-order valence-corrected chi connectivity index (χ3v) is 5.31. The molecular formula is C14H17ClF4N2OSi. The summed E-state index contributed by atoms with van der Waals surface area (Å²) < 4.78 is 58.7. The van der Waals surface area contributed by atoms with Gasteiger partial charge >= 0.3 is 6.18 Å². The number of nitrogens with zero attached hydrogens (tertiary/aromatic N) is 2. The number of alkyl halides is 3. The predicted octanol–water partition coefficient (Wildman–Crippen LogP) is 5.16. The number of hydrogen-bond acceptors (Lipinski definition) is 2. The van der Waals surface area contributed by atoms with Crippen molar-refractivity contribution in [2.75, 3.05) is 6.61 Å². The van der Waals surface area contributed by atoms with E-state index in [2.05, 4.69) is 24.6 Å². The summed E-state index contributed by atoms with van der Waals surface area (Å²) in [6, 6.07) is 2.39. The van der Waals surface area contributed by atoms with Gasteiger partial charge in [-0.15, -0.1) is 0 Å². The van der Waals surface area contributed by atoms with Crippen LogP contribution in [0.15, 0.2) is 12.1 Å². The lowest BCUT2D eigenvalue weighted by atomic mass is 10.2. The fraction of sp³-hybridized carbons (Fsp3) is 0.500. The summed E-state index contributed by atoms with van der Waals surface area (Å²) in [6.07, 6.45) is -4.78. The van der Waals surface area contributed by atoms with Gasteiger partial charge in [0, 0.05) is 20.7 Å². The number of halogens is 5. The van der Waals surface area contributed by atoms with Gasteiger partial charge in [0.2, 0.25) is 5.28 Å². The first kappa shape index (κ1) is 18.2. The van der Waals surface area contributed by atoms with Gasteiger partial charge in [-0.2, -0.15) is 13.2 Å². The van der Waals surface area contributed by atoms with E-state index >= 15 is 0 Å². The first-order valence-electron chi connectivity index (χ1n) is 6.99. The van der Waals surface area contributed by atoms with Crippen LogP contribution in [0.4, 0.5) is 17.6 Å². The number of ether oxygens (including phenoxy) is 1. The second-order valence-electron chi connectivity index (χ2n) is 6.48. The Labute approximate surface area is 137 Å². The van der Waals surface area contributed by atoms with E-state index in [9.17, 15) is 17.6 Å². The Morgan fingerprint density at radius 1 is 1.26 bits per heavy atom. The molecule has 0 fully saturated rings. The Balaban J connectivity index is 2.25. The van der Waals surface area contributed by atoms with Crippen LogP contribution in [-0.2, 0) is 17.6 Å². The first-order valence-corrected chi connectivity index (χ1v) is 11.1. The Morgan fingerprint density at radius 2 is 1.91 bits per heavy atom. The van der Waals surface area contributed by atoms with E-state index in [0.29, 0.717) is 12.7 Å². The van der Waals surface area contributed by atoms with Crippen molar-refractivity contribution >= 4 is 30.7 Å². The molecular weight excluding hydrogens is 352 g/mol. The van der Waals surface area contributed by atoms with Crippen LogP contribution >= 0.6 is 11.6 Å². The number of rotatable bonds is 5. The third kappa shape index (κ3) is 4.45. The topological polar surface area (TPSA) is 27.1 Å². The van der Waals surface area contributed by atoms with Gasteiger partial charge in [-0.3, -0.25) is 4.57 Å². The number of aromatic nitrogens is 2. The van der Waals surface area contributed by atoms with E-state index in [4.69, 9.17) is 16.3 Å². The molecule has 0 saturated carbocycles. The van der Waals surface area contributed by atoms with Crippen molar-refractivity contribution in [3.63, 3.8) is 0 Å². The highest BCUT2D eigenvalue weighted by Crippen LogP contribution is 2.34. The molecule has 0 aliphatic rings. The lowest BCUT2D eigenvalue weighted by Gasteiger charge is -2.16. The van der Waals surface area contributed by atoms with Crippen LogP contribution in [0.5, 0.6) is 0 Å². The molecule has 23 heavy (non-hydrogen) atoms. The normalized spacial score (nSPS) is 13.0.